The van der Waals surface area contributed by atoms with Gasteiger partial charge in [0.1, 0.15) is 0 Å². The molecule has 1 aromatic carbocycles. The number of aliphatic carboxylic acids is 1. The van der Waals surface area contributed by atoms with Gasteiger partial charge in [0.05, 0.1) is 12.5 Å². The maximum atomic E-state index is 13.8. The monoisotopic (exact) mass is 341 g/mol. The molecule has 1 amide bonds. The van der Waals surface area contributed by atoms with Crippen LogP contribution in [0.3, 0.4) is 0 Å². The first-order valence-corrected chi connectivity index (χ1v) is 8.68. The summed E-state index contributed by atoms with van der Waals surface area (Å²) in [7, 11) is 0. The fraction of sp³-hybridized carbons (Fsp3) is 0.500. The van der Waals surface area contributed by atoms with E-state index in [1.165, 1.54) is 12.1 Å². The van der Waals surface area contributed by atoms with Crippen LogP contribution in [0.4, 0.5) is 8.78 Å². The summed E-state index contributed by atoms with van der Waals surface area (Å²) in [6.45, 7) is 0.510. The Kier molecular flexibility index (Phi) is 4.57. The Morgan fingerprint density at radius 1 is 1.35 bits per heavy atom. The Morgan fingerprint density at radius 3 is 2.87 bits per heavy atom. The first-order chi connectivity index (χ1) is 11.0. The third kappa shape index (κ3) is 3.34. The number of benzene rings is 1. The number of nitrogens with zero attached hydrogens (tertiary/aromatic N) is 1. The molecule has 4 nitrogen and oxygen atoms in total. The average Bonchev–Trinajstić information content (AvgIpc) is 3.30. The van der Waals surface area contributed by atoms with Crippen LogP contribution >= 0.6 is 11.8 Å². The molecule has 1 aliphatic heterocycles. The molecule has 0 radical (unpaired) electrons. The molecule has 3 rings (SSSR count). The van der Waals surface area contributed by atoms with E-state index in [4.69, 9.17) is 5.11 Å². The second kappa shape index (κ2) is 6.47. The zero-order valence-corrected chi connectivity index (χ0v) is 13.2. The Bertz CT molecular complexity index is 640. The van der Waals surface area contributed by atoms with E-state index in [0.29, 0.717) is 18.7 Å². The Labute approximate surface area is 136 Å². The lowest BCUT2D eigenvalue weighted by atomic mass is 10.1. The van der Waals surface area contributed by atoms with Gasteiger partial charge in [-0.05, 0) is 24.0 Å². The molecular weight excluding hydrogens is 324 g/mol. The first kappa shape index (κ1) is 16.2. The first-order valence-electron chi connectivity index (χ1n) is 7.53. The maximum absolute atomic E-state index is 13.8. The quantitative estimate of drug-likeness (QED) is 0.914. The summed E-state index contributed by atoms with van der Waals surface area (Å²) in [4.78, 5) is 25.2. The van der Waals surface area contributed by atoms with Gasteiger partial charge in [-0.3, -0.25) is 9.59 Å². The summed E-state index contributed by atoms with van der Waals surface area (Å²) < 4.78 is 27.2. The third-order valence-corrected chi connectivity index (χ3v) is 5.50. The number of carbonyl (C=O) groups is 2. The number of halogens is 2. The van der Waals surface area contributed by atoms with Gasteiger partial charge in [0.15, 0.2) is 11.6 Å². The molecule has 0 spiro atoms. The van der Waals surface area contributed by atoms with Crippen molar-refractivity contribution >= 4 is 23.6 Å². The van der Waals surface area contributed by atoms with Gasteiger partial charge in [-0.2, -0.15) is 11.8 Å². The van der Waals surface area contributed by atoms with Crippen molar-refractivity contribution in [1.29, 1.82) is 0 Å². The predicted octanol–water partition coefficient (Wildman–Crippen LogP) is 2.49. The van der Waals surface area contributed by atoms with Crippen molar-refractivity contribution in [2.75, 3.05) is 18.1 Å². The lowest BCUT2D eigenvalue weighted by Gasteiger charge is -2.35. The number of carboxylic acids is 1. The van der Waals surface area contributed by atoms with Crippen molar-refractivity contribution in [3.05, 3.63) is 35.4 Å². The van der Waals surface area contributed by atoms with Gasteiger partial charge in [-0.15, -0.1) is 0 Å². The van der Waals surface area contributed by atoms with Crippen LogP contribution in [0, 0.1) is 17.6 Å². The van der Waals surface area contributed by atoms with Crippen LogP contribution in [0.5, 0.6) is 0 Å². The van der Waals surface area contributed by atoms with E-state index < -0.39 is 17.6 Å². The standard InChI is InChI=1S/C16H17F2NO3S/c17-13-3-1-2-10(15(13)18)11-7-12(11)16(22)19-4-5-23-8-9(19)6-14(20)21/h1-3,9,11-12H,4-8H2,(H,20,21). The molecule has 1 heterocycles. The highest BCUT2D eigenvalue weighted by atomic mass is 32.2. The topological polar surface area (TPSA) is 57.6 Å². The lowest BCUT2D eigenvalue weighted by Crippen LogP contribution is -2.47. The summed E-state index contributed by atoms with van der Waals surface area (Å²) in [5.41, 5.74) is 0.240. The Morgan fingerprint density at radius 2 is 2.13 bits per heavy atom. The van der Waals surface area contributed by atoms with E-state index in [-0.39, 0.29) is 35.8 Å². The van der Waals surface area contributed by atoms with Gasteiger partial charge < -0.3 is 10.0 Å². The van der Waals surface area contributed by atoms with Crippen LogP contribution in [-0.2, 0) is 9.59 Å². The van der Waals surface area contributed by atoms with E-state index in [2.05, 4.69) is 0 Å². The van der Waals surface area contributed by atoms with E-state index >= 15 is 0 Å². The van der Waals surface area contributed by atoms with Crippen molar-refractivity contribution in [2.45, 2.75) is 24.8 Å². The number of thioether (sulfide) groups is 1. The summed E-state index contributed by atoms with van der Waals surface area (Å²) in [6, 6.07) is 3.69. The van der Waals surface area contributed by atoms with E-state index in [0.717, 1.165) is 11.8 Å². The lowest BCUT2D eigenvalue weighted by molar-refractivity contribution is -0.140. The molecule has 2 aliphatic rings. The van der Waals surface area contributed by atoms with E-state index in [9.17, 15) is 18.4 Å². The molecule has 1 aliphatic carbocycles. The Balaban J connectivity index is 1.71. The molecule has 3 atom stereocenters. The summed E-state index contributed by atoms with van der Waals surface area (Å²) in [6.07, 6.45) is 0.410. The number of hydrogen-bond acceptors (Lipinski definition) is 3. The van der Waals surface area contributed by atoms with Crippen molar-refractivity contribution in [2.24, 2.45) is 5.92 Å². The average molecular weight is 341 g/mol. The molecule has 3 unspecified atom stereocenters. The highest BCUT2D eigenvalue weighted by Crippen LogP contribution is 2.50. The van der Waals surface area contributed by atoms with E-state index in [1.54, 1.807) is 16.7 Å². The molecule has 1 saturated heterocycles. The van der Waals surface area contributed by atoms with Crippen LogP contribution in [0.25, 0.3) is 0 Å². The largest absolute Gasteiger partial charge is 0.481 e. The highest BCUT2D eigenvalue weighted by Gasteiger charge is 2.48. The molecule has 0 aromatic heterocycles. The van der Waals surface area contributed by atoms with Crippen LogP contribution in [0.1, 0.15) is 24.3 Å². The number of carbonyl (C=O) groups excluding carboxylic acids is 1. The zero-order chi connectivity index (χ0) is 16.6. The van der Waals surface area contributed by atoms with Gasteiger partial charge in [0.2, 0.25) is 5.91 Å². The Hall–Kier alpha value is -1.63. The minimum absolute atomic E-state index is 0.0789. The number of rotatable bonds is 4. The molecule has 124 valence electrons. The number of amides is 1. The molecular formula is C16H17F2NO3S. The molecule has 1 aromatic rings. The van der Waals surface area contributed by atoms with Gasteiger partial charge in [-0.25, -0.2) is 8.78 Å². The van der Waals surface area contributed by atoms with Gasteiger partial charge >= 0.3 is 5.97 Å². The second-order valence-corrected chi connectivity index (χ2v) is 7.10. The molecule has 2 fully saturated rings. The van der Waals surface area contributed by atoms with Gasteiger partial charge in [-0.1, -0.05) is 12.1 Å². The van der Waals surface area contributed by atoms with Crippen LogP contribution in [0.2, 0.25) is 0 Å². The maximum Gasteiger partial charge on any atom is 0.305 e. The van der Waals surface area contributed by atoms with Crippen LogP contribution in [-0.4, -0.2) is 46.0 Å². The number of carboxylic acid groups (broad SMARTS) is 1. The van der Waals surface area contributed by atoms with Crippen LogP contribution < -0.4 is 0 Å². The number of hydrogen-bond donors (Lipinski definition) is 1. The molecule has 23 heavy (non-hydrogen) atoms. The summed E-state index contributed by atoms with van der Waals surface area (Å²) in [5, 5.41) is 8.98. The van der Waals surface area contributed by atoms with Crippen molar-refractivity contribution in [3.8, 4) is 0 Å². The van der Waals surface area contributed by atoms with E-state index in [1.807, 2.05) is 0 Å². The molecule has 7 heteroatoms. The summed E-state index contributed by atoms with van der Waals surface area (Å²) >= 11 is 1.63. The minimum Gasteiger partial charge on any atom is -0.481 e. The van der Waals surface area contributed by atoms with Crippen molar-refractivity contribution < 1.29 is 23.5 Å². The third-order valence-electron chi connectivity index (χ3n) is 4.41. The van der Waals surface area contributed by atoms with Gasteiger partial charge in [0, 0.05) is 24.0 Å². The summed E-state index contributed by atoms with van der Waals surface area (Å²) in [5.74, 6) is -2.16. The fourth-order valence-electron chi connectivity index (χ4n) is 3.15. The molecule has 1 N–H and O–H groups in total. The minimum atomic E-state index is -0.932. The molecule has 1 saturated carbocycles. The van der Waals surface area contributed by atoms with Crippen LogP contribution in [0.15, 0.2) is 18.2 Å². The van der Waals surface area contributed by atoms with Crippen molar-refractivity contribution in [1.82, 2.24) is 4.90 Å². The normalized spacial score (nSPS) is 26.9. The smallest absolute Gasteiger partial charge is 0.305 e. The SMILES string of the molecule is O=C(O)CC1CSCCN1C(=O)C1CC1c1cccc(F)c1F. The van der Waals surface area contributed by atoms with Crippen molar-refractivity contribution in [3.63, 3.8) is 0 Å². The zero-order valence-electron chi connectivity index (χ0n) is 12.4. The second-order valence-electron chi connectivity index (χ2n) is 5.95. The molecule has 0 bridgehead atoms. The highest BCUT2D eigenvalue weighted by molar-refractivity contribution is 7.99. The predicted molar refractivity (Wildman–Crippen MR) is 82.3 cm³/mol. The fourth-order valence-corrected chi connectivity index (χ4v) is 4.21. The van der Waals surface area contributed by atoms with Gasteiger partial charge in [0.25, 0.3) is 0 Å².